The molecule has 3 N–H and O–H groups in total. The molecule has 132 valence electrons. The normalized spacial score (nSPS) is 13.6. The molecule has 0 bridgehead atoms. The van der Waals surface area contributed by atoms with Crippen molar-refractivity contribution in [2.24, 2.45) is 0 Å². The Morgan fingerprint density at radius 2 is 1.80 bits per heavy atom. The van der Waals surface area contributed by atoms with Crippen LogP contribution in [-0.2, 0) is 19.2 Å². The van der Waals surface area contributed by atoms with Gasteiger partial charge in [0.25, 0.3) is 5.24 Å². The number of benzene rings is 1. The van der Waals surface area contributed by atoms with Gasteiger partial charge in [0.05, 0.1) is 5.75 Å². The highest BCUT2D eigenvalue weighted by molar-refractivity contribution is 8.14. The number of imide groups is 1. The van der Waals surface area contributed by atoms with Crippen LogP contribution in [0.4, 0.5) is 16.2 Å². The molecule has 10 heteroatoms. The molecule has 1 saturated heterocycles. The van der Waals surface area contributed by atoms with Gasteiger partial charge < -0.3 is 16.0 Å². The van der Waals surface area contributed by atoms with Crippen LogP contribution < -0.4 is 16.0 Å². The second-order valence-corrected chi connectivity index (χ2v) is 6.00. The molecule has 0 unspecified atom stereocenters. The van der Waals surface area contributed by atoms with E-state index in [2.05, 4.69) is 16.0 Å². The zero-order valence-electron chi connectivity index (χ0n) is 13.3. The van der Waals surface area contributed by atoms with Gasteiger partial charge in [-0.2, -0.15) is 0 Å². The summed E-state index contributed by atoms with van der Waals surface area (Å²) in [5, 5.41) is 6.94. The predicted octanol–water partition coefficient (Wildman–Crippen LogP) is 0.395. The lowest BCUT2D eigenvalue weighted by Gasteiger charge is -2.13. The first-order valence-electron chi connectivity index (χ1n) is 7.31. The maximum absolute atomic E-state index is 11.8. The lowest BCUT2D eigenvalue weighted by atomic mass is 10.2. The van der Waals surface area contributed by atoms with E-state index < -0.39 is 11.8 Å². The van der Waals surface area contributed by atoms with Gasteiger partial charge >= 0.3 is 11.8 Å². The summed E-state index contributed by atoms with van der Waals surface area (Å²) < 4.78 is 0. The average Bonchev–Trinajstić information content (AvgIpc) is 2.86. The summed E-state index contributed by atoms with van der Waals surface area (Å²) in [6, 6.07) is 6.32. The van der Waals surface area contributed by atoms with Crippen molar-refractivity contribution in [1.29, 1.82) is 0 Å². The molecule has 1 aromatic rings. The lowest BCUT2D eigenvalue weighted by molar-refractivity contribution is -0.136. The molecule has 9 nitrogen and oxygen atoms in total. The molecule has 0 aromatic heterocycles. The van der Waals surface area contributed by atoms with Crippen molar-refractivity contribution < 1.29 is 24.0 Å². The van der Waals surface area contributed by atoms with Crippen molar-refractivity contribution in [3.05, 3.63) is 24.3 Å². The molecular formula is C15H16N4O5S. The molecule has 0 atom stereocenters. The minimum absolute atomic E-state index is 0.0156. The summed E-state index contributed by atoms with van der Waals surface area (Å²) in [7, 11) is 0. The van der Waals surface area contributed by atoms with Crippen LogP contribution in [-0.4, -0.2) is 52.6 Å². The fourth-order valence-electron chi connectivity index (χ4n) is 2.02. The summed E-state index contributed by atoms with van der Waals surface area (Å²) in [6.45, 7) is 1.35. The minimum atomic E-state index is -0.895. The van der Waals surface area contributed by atoms with E-state index in [1.165, 1.54) is 13.0 Å². The maximum atomic E-state index is 11.8. The Morgan fingerprint density at radius 3 is 2.40 bits per heavy atom. The summed E-state index contributed by atoms with van der Waals surface area (Å²) in [4.78, 5) is 58.4. The molecule has 0 radical (unpaired) electrons. The summed E-state index contributed by atoms with van der Waals surface area (Å²) in [5.74, 6) is -2.27. The quantitative estimate of drug-likeness (QED) is 0.650. The predicted molar refractivity (Wildman–Crippen MR) is 92.0 cm³/mol. The van der Waals surface area contributed by atoms with Crippen LogP contribution in [0, 0.1) is 0 Å². The minimum Gasteiger partial charge on any atom is -0.346 e. The van der Waals surface area contributed by atoms with Crippen molar-refractivity contribution in [3.8, 4) is 0 Å². The van der Waals surface area contributed by atoms with E-state index >= 15 is 0 Å². The van der Waals surface area contributed by atoms with E-state index in [-0.39, 0.29) is 35.9 Å². The number of nitrogens with zero attached hydrogens (tertiary/aromatic N) is 1. The molecule has 5 amide bonds. The first kappa shape index (κ1) is 18.5. The van der Waals surface area contributed by atoms with Crippen LogP contribution in [0.1, 0.15) is 6.92 Å². The van der Waals surface area contributed by atoms with E-state index in [0.717, 1.165) is 16.7 Å². The zero-order chi connectivity index (χ0) is 18.4. The van der Waals surface area contributed by atoms with Crippen LogP contribution in [0.3, 0.4) is 0 Å². The standard InChI is InChI=1S/C15H16N4O5S/c1-9(20)17-10-3-2-4-11(7-10)18-14(23)13(22)16-5-6-19-12(21)8-25-15(19)24/h2-4,7H,5-6,8H2,1H3,(H,16,22)(H,17,20)(H,18,23). The third-order valence-electron chi connectivity index (χ3n) is 3.11. The fraction of sp³-hybridized carbons (Fsp3) is 0.267. The first-order valence-corrected chi connectivity index (χ1v) is 8.29. The maximum Gasteiger partial charge on any atom is 0.313 e. The number of amides is 5. The van der Waals surface area contributed by atoms with Crippen LogP contribution in [0.2, 0.25) is 0 Å². The molecule has 1 fully saturated rings. The van der Waals surface area contributed by atoms with Crippen molar-refractivity contribution in [3.63, 3.8) is 0 Å². The molecule has 1 aliphatic rings. The molecule has 25 heavy (non-hydrogen) atoms. The number of carbonyl (C=O) groups excluding carboxylic acids is 5. The molecule has 1 heterocycles. The number of nitrogens with one attached hydrogen (secondary N) is 3. The highest BCUT2D eigenvalue weighted by atomic mass is 32.2. The van der Waals surface area contributed by atoms with Crippen molar-refractivity contribution in [1.82, 2.24) is 10.2 Å². The van der Waals surface area contributed by atoms with Gasteiger partial charge in [0, 0.05) is 31.4 Å². The monoisotopic (exact) mass is 364 g/mol. The van der Waals surface area contributed by atoms with Crippen LogP contribution >= 0.6 is 11.8 Å². The van der Waals surface area contributed by atoms with Crippen LogP contribution in [0.25, 0.3) is 0 Å². The van der Waals surface area contributed by atoms with Gasteiger partial charge in [-0.15, -0.1) is 0 Å². The smallest absolute Gasteiger partial charge is 0.313 e. The highest BCUT2D eigenvalue weighted by Gasteiger charge is 2.29. The number of hydrogen-bond acceptors (Lipinski definition) is 6. The molecule has 2 rings (SSSR count). The summed E-state index contributed by atoms with van der Waals surface area (Å²) >= 11 is 0.901. The molecule has 1 aliphatic heterocycles. The Hall–Kier alpha value is -2.88. The lowest BCUT2D eigenvalue weighted by Crippen LogP contribution is -2.41. The van der Waals surface area contributed by atoms with Gasteiger partial charge in [-0.1, -0.05) is 17.8 Å². The van der Waals surface area contributed by atoms with E-state index in [9.17, 15) is 24.0 Å². The van der Waals surface area contributed by atoms with Gasteiger partial charge in [-0.05, 0) is 18.2 Å². The Morgan fingerprint density at radius 1 is 1.12 bits per heavy atom. The van der Waals surface area contributed by atoms with E-state index in [0.29, 0.717) is 11.4 Å². The summed E-state index contributed by atoms with van der Waals surface area (Å²) in [6.07, 6.45) is 0. The average molecular weight is 364 g/mol. The number of thioether (sulfide) groups is 1. The summed E-state index contributed by atoms with van der Waals surface area (Å²) in [5.41, 5.74) is 0.821. The number of rotatable bonds is 5. The molecule has 0 saturated carbocycles. The van der Waals surface area contributed by atoms with Gasteiger partial charge in [0.15, 0.2) is 0 Å². The number of carbonyl (C=O) groups is 5. The Labute approximate surface area is 147 Å². The zero-order valence-corrected chi connectivity index (χ0v) is 14.1. The number of anilines is 2. The van der Waals surface area contributed by atoms with Crippen molar-refractivity contribution >= 4 is 52.0 Å². The second-order valence-electron chi connectivity index (χ2n) is 5.07. The van der Waals surface area contributed by atoms with Crippen molar-refractivity contribution in [2.75, 3.05) is 29.5 Å². The molecular weight excluding hydrogens is 348 g/mol. The van der Waals surface area contributed by atoms with Crippen LogP contribution in [0.5, 0.6) is 0 Å². The third kappa shape index (κ3) is 5.31. The van der Waals surface area contributed by atoms with Gasteiger partial charge in [-0.25, -0.2) is 0 Å². The Balaban J connectivity index is 1.82. The fourth-order valence-corrected chi connectivity index (χ4v) is 2.78. The molecule has 1 aromatic carbocycles. The van der Waals surface area contributed by atoms with Crippen LogP contribution in [0.15, 0.2) is 24.3 Å². The third-order valence-corrected chi connectivity index (χ3v) is 3.97. The van der Waals surface area contributed by atoms with Gasteiger partial charge in [-0.3, -0.25) is 28.9 Å². The SMILES string of the molecule is CC(=O)Nc1cccc(NC(=O)C(=O)NCCN2C(=O)CSC2=O)c1. The number of hydrogen-bond donors (Lipinski definition) is 3. The van der Waals surface area contributed by atoms with E-state index in [1.807, 2.05) is 0 Å². The van der Waals surface area contributed by atoms with Crippen molar-refractivity contribution in [2.45, 2.75) is 6.92 Å². The molecule has 0 aliphatic carbocycles. The van der Waals surface area contributed by atoms with Gasteiger partial charge in [0.1, 0.15) is 0 Å². The topological polar surface area (TPSA) is 125 Å². The highest BCUT2D eigenvalue weighted by Crippen LogP contribution is 2.17. The Bertz CT molecular complexity index is 720. The largest absolute Gasteiger partial charge is 0.346 e. The van der Waals surface area contributed by atoms with E-state index in [4.69, 9.17) is 0 Å². The Kier molecular flexibility index (Phi) is 6.12. The first-order chi connectivity index (χ1) is 11.9. The van der Waals surface area contributed by atoms with E-state index in [1.54, 1.807) is 18.2 Å². The van der Waals surface area contributed by atoms with Gasteiger partial charge in [0.2, 0.25) is 11.8 Å². The molecule has 0 spiro atoms. The second kappa shape index (κ2) is 8.29.